The van der Waals surface area contributed by atoms with E-state index in [2.05, 4.69) is 35.2 Å². The molecular weight excluding hydrogens is 277 g/mol. The Morgan fingerprint density at radius 3 is 3.00 bits per heavy atom. The first-order valence-corrected chi connectivity index (χ1v) is 8.04. The molecule has 1 saturated heterocycles. The predicted octanol–water partition coefficient (Wildman–Crippen LogP) is 0.885. The SMILES string of the molecule is CC1(C)C2(CCNC2)CC12OB(O)c1cnc3[nH]ccc3c12. The minimum atomic E-state index is -0.868. The molecule has 22 heavy (non-hydrogen) atoms. The van der Waals surface area contributed by atoms with Gasteiger partial charge in [-0.15, -0.1) is 0 Å². The van der Waals surface area contributed by atoms with Gasteiger partial charge in [-0.1, -0.05) is 13.8 Å². The molecule has 3 N–H and O–H groups in total. The van der Waals surface area contributed by atoms with Crippen molar-refractivity contribution < 1.29 is 9.68 Å². The van der Waals surface area contributed by atoms with Gasteiger partial charge < -0.3 is 20.0 Å². The molecule has 0 bridgehead atoms. The standard InChI is InChI=1S/C16H20BN3O2/c1-14(2)15(4-6-18-9-15)8-16(14)12-10-3-5-19-13(10)20-7-11(12)17(21)22-16/h3,5,7,18,21H,4,6,8-9H2,1-2H3,(H,19,20). The quantitative estimate of drug-likeness (QED) is 0.632. The van der Waals surface area contributed by atoms with Gasteiger partial charge in [-0.05, 0) is 36.4 Å². The molecule has 2 aromatic heterocycles. The molecule has 114 valence electrons. The first-order chi connectivity index (χ1) is 10.5. The molecule has 0 radical (unpaired) electrons. The lowest BCUT2D eigenvalue weighted by Crippen LogP contribution is -2.66. The van der Waals surface area contributed by atoms with Crippen molar-refractivity contribution in [3.63, 3.8) is 0 Å². The number of nitrogens with one attached hydrogen (secondary N) is 2. The van der Waals surface area contributed by atoms with E-state index in [-0.39, 0.29) is 10.8 Å². The van der Waals surface area contributed by atoms with Crippen LogP contribution in [-0.2, 0) is 10.3 Å². The predicted molar refractivity (Wildman–Crippen MR) is 84.8 cm³/mol. The van der Waals surface area contributed by atoms with E-state index in [1.165, 1.54) is 6.42 Å². The third kappa shape index (κ3) is 1.20. The maximum absolute atomic E-state index is 10.5. The number of nitrogens with zero attached hydrogens (tertiary/aromatic N) is 1. The molecule has 5 nitrogen and oxygen atoms in total. The number of hydrogen-bond acceptors (Lipinski definition) is 4. The maximum atomic E-state index is 10.5. The van der Waals surface area contributed by atoms with Crippen molar-refractivity contribution >= 4 is 23.6 Å². The van der Waals surface area contributed by atoms with Gasteiger partial charge in [0, 0.05) is 35.2 Å². The van der Waals surface area contributed by atoms with Crippen LogP contribution in [0.4, 0.5) is 0 Å². The molecule has 4 heterocycles. The van der Waals surface area contributed by atoms with Crippen LogP contribution < -0.4 is 10.8 Å². The summed E-state index contributed by atoms with van der Waals surface area (Å²) in [6, 6.07) is 2.05. The monoisotopic (exact) mass is 297 g/mol. The Bertz CT molecular complexity index is 781. The largest absolute Gasteiger partial charge is 0.493 e. The molecule has 1 saturated carbocycles. The lowest BCUT2D eigenvalue weighted by Gasteiger charge is -2.67. The van der Waals surface area contributed by atoms with Crippen LogP contribution in [0.5, 0.6) is 0 Å². The summed E-state index contributed by atoms with van der Waals surface area (Å²) in [6.07, 6.45) is 5.82. The van der Waals surface area contributed by atoms with Crippen molar-refractivity contribution in [1.82, 2.24) is 15.3 Å². The molecule has 0 amide bonds. The summed E-state index contributed by atoms with van der Waals surface area (Å²) in [5.74, 6) is 0. The van der Waals surface area contributed by atoms with Gasteiger partial charge in [0.05, 0.1) is 5.60 Å². The third-order valence-corrected chi connectivity index (χ3v) is 6.77. The Hall–Kier alpha value is -1.37. The average molecular weight is 297 g/mol. The summed E-state index contributed by atoms with van der Waals surface area (Å²) in [5.41, 5.74) is 2.69. The van der Waals surface area contributed by atoms with E-state index in [9.17, 15) is 5.02 Å². The Morgan fingerprint density at radius 1 is 1.41 bits per heavy atom. The molecule has 3 aliphatic rings. The number of hydrogen-bond donors (Lipinski definition) is 3. The summed E-state index contributed by atoms with van der Waals surface area (Å²) in [6.45, 7) is 6.71. The van der Waals surface area contributed by atoms with Crippen LogP contribution in [-0.4, -0.2) is 35.2 Å². The zero-order valence-corrected chi connectivity index (χ0v) is 12.9. The van der Waals surface area contributed by atoms with E-state index < -0.39 is 12.7 Å². The Labute approximate surface area is 129 Å². The van der Waals surface area contributed by atoms with Crippen molar-refractivity contribution in [1.29, 1.82) is 0 Å². The highest BCUT2D eigenvalue weighted by Gasteiger charge is 2.73. The van der Waals surface area contributed by atoms with E-state index in [0.717, 1.165) is 41.6 Å². The van der Waals surface area contributed by atoms with E-state index in [1.807, 2.05) is 6.20 Å². The second-order valence-corrected chi connectivity index (χ2v) is 7.63. The highest BCUT2D eigenvalue weighted by Crippen LogP contribution is 2.72. The summed E-state index contributed by atoms with van der Waals surface area (Å²) in [5, 5.41) is 15.0. The maximum Gasteiger partial charge on any atom is 0.493 e. The van der Waals surface area contributed by atoms with Crippen molar-refractivity contribution in [3.05, 3.63) is 24.0 Å². The smallest absolute Gasteiger partial charge is 0.423 e. The van der Waals surface area contributed by atoms with Gasteiger partial charge in [0.2, 0.25) is 0 Å². The minimum absolute atomic E-state index is 0.0265. The highest BCUT2D eigenvalue weighted by atomic mass is 16.5. The first kappa shape index (κ1) is 13.1. The van der Waals surface area contributed by atoms with Crippen LogP contribution in [0, 0.1) is 10.8 Å². The molecule has 2 spiro atoms. The zero-order valence-electron chi connectivity index (χ0n) is 12.9. The number of rotatable bonds is 0. The Balaban J connectivity index is 1.75. The van der Waals surface area contributed by atoms with Crippen molar-refractivity contribution in [2.45, 2.75) is 32.3 Å². The van der Waals surface area contributed by atoms with Crippen molar-refractivity contribution in [3.8, 4) is 0 Å². The van der Waals surface area contributed by atoms with E-state index >= 15 is 0 Å². The molecule has 2 fully saturated rings. The number of aromatic amines is 1. The van der Waals surface area contributed by atoms with Gasteiger partial charge >= 0.3 is 7.12 Å². The lowest BCUT2D eigenvalue weighted by atomic mass is 9.40. The fourth-order valence-corrected chi connectivity index (χ4v) is 5.23. The second kappa shape index (κ2) is 3.75. The molecular formula is C16H20BN3O2. The van der Waals surface area contributed by atoms with Gasteiger partial charge in [-0.3, -0.25) is 0 Å². The van der Waals surface area contributed by atoms with E-state index in [4.69, 9.17) is 4.65 Å². The molecule has 0 aromatic carbocycles. The summed E-state index contributed by atoms with van der Waals surface area (Å²) in [7, 11) is -0.868. The van der Waals surface area contributed by atoms with Gasteiger partial charge in [0.1, 0.15) is 5.65 Å². The normalized spacial score (nSPS) is 35.5. The Kier molecular flexibility index (Phi) is 2.24. The topological polar surface area (TPSA) is 70.2 Å². The molecule has 2 unspecified atom stereocenters. The number of pyridine rings is 1. The fourth-order valence-electron chi connectivity index (χ4n) is 5.23. The molecule has 2 atom stereocenters. The van der Waals surface area contributed by atoms with Crippen LogP contribution in [0.15, 0.2) is 18.5 Å². The molecule has 2 aliphatic heterocycles. The van der Waals surface area contributed by atoms with Crippen LogP contribution in [0.2, 0.25) is 0 Å². The van der Waals surface area contributed by atoms with Crippen molar-refractivity contribution in [2.75, 3.05) is 13.1 Å². The van der Waals surface area contributed by atoms with Gasteiger partial charge in [0.25, 0.3) is 0 Å². The summed E-state index contributed by atoms with van der Waals surface area (Å²) >= 11 is 0. The fraction of sp³-hybridized carbons (Fsp3) is 0.562. The lowest BCUT2D eigenvalue weighted by molar-refractivity contribution is -0.235. The molecule has 2 aromatic rings. The van der Waals surface area contributed by atoms with E-state index in [0.29, 0.717) is 0 Å². The van der Waals surface area contributed by atoms with Gasteiger partial charge in [-0.2, -0.15) is 0 Å². The summed E-state index contributed by atoms with van der Waals surface area (Å²) < 4.78 is 6.21. The summed E-state index contributed by atoms with van der Waals surface area (Å²) in [4.78, 5) is 7.59. The van der Waals surface area contributed by atoms with Crippen molar-refractivity contribution in [2.24, 2.45) is 10.8 Å². The first-order valence-electron chi connectivity index (χ1n) is 8.04. The van der Waals surface area contributed by atoms with Gasteiger partial charge in [0.15, 0.2) is 0 Å². The minimum Gasteiger partial charge on any atom is -0.423 e. The second-order valence-electron chi connectivity index (χ2n) is 7.63. The number of aromatic nitrogens is 2. The molecule has 6 heteroatoms. The Morgan fingerprint density at radius 2 is 2.27 bits per heavy atom. The van der Waals surface area contributed by atoms with Crippen LogP contribution in [0.1, 0.15) is 32.3 Å². The van der Waals surface area contributed by atoms with Crippen LogP contribution in [0.3, 0.4) is 0 Å². The number of H-pyrrole nitrogens is 1. The molecule has 1 aliphatic carbocycles. The van der Waals surface area contributed by atoms with E-state index in [1.54, 1.807) is 6.20 Å². The van der Waals surface area contributed by atoms with Crippen LogP contribution >= 0.6 is 0 Å². The zero-order chi connectivity index (χ0) is 15.2. The van der Waals surface area contributed by atoms with Gasteiger partial charge in [-0.25, -0.2) is 4.98 Å². The average Bonchev–Trinajstić information content (AvgIpc) is 3.19. The third-order valence-electron chi connectivity index (χ3n) is 6.77. The molecule has 5 rings (SSSR count). The highest BCUT2D eigenvalue weighted by molar-refractivity contribution is 6.62. The number of fused-ring (bicyclic) bond motifs is 4. The van der Waals surface area contributed by atoms with Crippen LogP contribution in [0.25, 0.3) is 11.0 Å².